The van der Waals surface area contributed by atoms with Gasteiger partial charge in [0.2, 0.25) is 5.24 Å². The van der Waals surface area contributed by atoms with E-state index in [9.17, 15) is 4.79 Å². The molecule has 0 aliphatic heterocycles. The molecule has 0 saturated carbocycles. The van der Waals surface area contributed by atoms with Gasteiger partial charge in [0.05, 0.1) is 0 Å². The van der Waals surface area contributed by atoms with E-state index in [2.05, 4.69) is 13.8 Å². The Morgan fingerprint density at radius 3 is 2.17 bits per heavy atom. The van der Waals surface area contributed by atoms with E-state index in [1.807, 2.05) is 6.92 Å². The molecule has 0 saturated heterocycles. The Balaban J connectivity index is 4.08. The number of rotatable bonds is 6. The monoisotopic (exact) mass is 190 g/mol. The minimum absolute atomic E-state index is 0.169. The van der Waals surface area contributed by atoms with Gasteiger partial charge in [0.25, 0.3) is 0 Å². The van der Waals surface area contributed by atoms with Crippen LogP contribution in [0.1, 0.15) is 52.9 Å². The summed E-state index contributed by atoms with van der Waals surface area (Å²) in [6, 6.07) is 0. The first-order valence-electron chi connectivity index (χ1n) is 4.76. The first kappa shape index (κ1) is 12.0. The summed E-state index contributed by atoms with van der Waals surface area (Å²) < 4.78 is 0. The molecule has 1 atom stereocenters. The van der Waals surface area contributed by atoms with Gasteiger partial charge in [-0.1, -0.05) is 40.0 Å². The fraction of sp³-hybridized carbons (Fsp3) is 0.900. The van der Waals surface area contributed by atoms with Gasteiger partial charge in [-0.15, -0.1) is 0 Å². The van der Waals surface area contributed by atoms with E-state index < -0.39 is 0 Å². The third-order valence-corrected chi connectivity index (χ3v) is 2.81. The topological polar surface area (TPSA) is 17.1 Å². The molecule has 0 radical (unpaired) electrons. The van der Waals surface area contributed by atoms with Gasteiger partial charge in [0.15, 0.2) is 0 Å². The van der Waals surface area contributed by atoms with Crippen molar-refractivity contribution in [1.82, 2.24) is 0 Å². The molecule has 0 aromatic heterocycles. The van der Waals surface area contributed by atoms with Crippen LogP contribution in [0.3, 0.4) is 0 Å². The van der Waals surface area contributed by atoms with Crippen molar-refractivity contribution in [3.63, 3.8) is 0 Å². The van der Waals surface area contributed by atoms with Crippen LogP contribution in [0.5, 0.6) is 0 Å². The second kappa shape index (κ2) is 5.58. The van der Waals surface area contributed by atoms with E-state index in [4.69, 9.17) is 11.6 Å². The number of carbonyl (C=O) groups excluding carboxylic acids is 1. The van der Waals surface area contributed by atoms with Crippen LogP contribution in [0.4, 0.5) is 0 Å². The van der Waals surface area contributed by atoms with Crippen molar-refractivity contribution in [3.8, 4) is 0 Å². The molecule has 0 fully saturated rings. The average molecular weight is 191 g/mol. The number of carbonyl (C=O) groups is 1. The summed E-state index contributed by atoms with van der Waals surface area (Å²) in [5.41, 5.74) is -0.272. The maximum atomic E-state index is 11.1. The van der Waals surface area contributed by atoms with Crippen molar-refractivity contribution in [2.45, 2.75) is 52.9 Å². The zero-order chi connectivity index (χ0) is 9.61. The first-order chi connectivity index (χ1) is 5.56. The third kappa shape index (κ3) is 3.57. The lowest BCUT2D eigenvalue weighted by Gasteiger charge is -2.24. The normalized spacial score (nSPS) is 15.7. The molecule has 0 N–H and O–H groups in total. The number of hydrogen-bond acceptors (Lipinski definition) is 1. The zero-order valence-corrected chi connectivity index (χ0v) is 9.08. The molecule has 0 bridgehead atoms. The van der Waals surface area contributed by atoms with Crippen molar-refractivity contribution in [1.29, 1.82) is 0 Å². The Kier molecular flexibility index (Phi) is 5.56. The summed E-state index contributed by atoms with van der Waals surface area (Å²) in [4.78, 5) is 11.1. The first-order valence-corrected chi connectivity index (χ1v) is 5.14. The molecule has 12 heavy (non-hydrogen) atoms. The maximum Gasteiger partial charge on any atom is 0.227 e. The SMILES string of the molecule is CCCCC(C)(CCC)C(=O)Cl. The summed E-state index contributed by atoms with van der Waals surface area (Å²) in [5.74, 6) is 0. The van der Waals surface area contributed by atoms with E-state index >= 15 is 0 Å². The van der Waals surface area contributed by atoms with Crippen LogP contribution in [0, 0.1) is 5.41 Å². The molecule has 0 rings (SSSR count). The maximum absolute atomic E-state index is 11.1. The van der Waals surface area contributed by atoms with Gasteiger partial charge in [-0.2, -0.15) is 0 Å². The molecule has 0 aromatic carbocycles. The largest absolute Gasteiger partial charge is 0.281 e. The van der Waals surface area contributed by atoms with Crippen LogP contribution in [0.25, 0.3) is 0 Å². The minimum atomic E-state index is -0.272. The number of hydrogen-bond donors (Lipinski definition) is 0. The van der Waals surface area contributed by atoms with Gasteiger partial charge in [-0.05, 0) is 24.4 Å². The van der Waals surface area contributed by atoms with E-state index in [0.29, 0.717) is 0 Å². The molecule has 0 amide bonds. The van der Waals surface area contributed by atoms with Crippen molar-refractivity contribution < 1.29 is 4.79 Å². The van der Waals surface area contributed by atoms with Crippen LogP contribution < -0.4 is 0 Å². The third-order valence-electron chi connectivity index (χ3n) is 2.36. The zero-order valence-electron chi connectivity index (χ0n) is 8.32. The second-order valence-corrected chi connectivity index (χ2v) is 4.03. The molecular formula is C10H19ClO. The Labute approximate surface area is 80.5 Å². The quantitative estimate of drug-likeness (QED) is 0.583. The highest BCUT2D eigenvalue weighted by Gasteiger charge is 2.29. The van der Waals surface area contributed by atoms with Gasteiger partial charge in [0, 0.05) is 5.41 Å². The molecule has 0 aliphatic carbocycles. The minimum Gasteiger partial charge on any atom is -0.281 e. The smallest absolute Gasteiger partial charge is 0.227 e. The lowest BCUT2D eigenvalue weighted by molar-refractivity contribution is -0.120. The van der Waals surface area contributed by atoms with Crippen LogP contribution in [0.15, 0.2) is 0 Å². The number of unbranched alkanes of at least 4 members (excludes halogenated alkanes) is 1. The fourth-order valence-electron chi connectivity index (χ4n) is 1.44. The van der Waals surface area contributed by atoms with E-state index in [-0.39, 0.29) is 10.7 Å². The van der Waals surface area contributed by atoms with E-state index in [1.54, 1.807) is 0 Å². The predicted octanol–water partition coefficient (Wildman–Crippen LogP) is 3.75. The molecule has 0 aliphatic rings. The van der Waals surface area contributed by atoms with Crippen molar-refractivity contribution >= 4 is 16.8 Å². The average Bonchev–Trinajstić information content (AvgIpc) is 2.01. The Hall–Kier alpha value is -0.0400. The van der Waals surface area contributed by atoms with Gasteiger partial charge < -0.3 is 0 Å². The summed E-state index contributed by atoms with van der Waals surface area (Å²) in [5, 5.41) is -0.169. The summed E-state index contributed by atoms with van der Waals surface area (Å²) in [6.07, 6.45) is 5.09. The molecule has 1 unspecified atom stereocenters. The lowest BCUT2D eigenvalue weighted by atomic mass is 9.82. The van der Waals surface area contributed by atoms with Crippen LogP contribution in [-0.2, 0) is 4.79 Å². The summed E-state index contributed by atoms with van der Waals surface area (Å²) >= 11 is 5.56. The fourth-order valence-corrected chi connectivity index (χ4v) is 1.63. The summed E-state index contributed by atoms with van der Waals surface area (Å²) in [6.45, 7) is 6.19. The van der Waals surface area contributed by atoms with Crippen LogP contribution >= 0.6 is 11.6 Å². The van der Waals surface area contributed by atoms with Crippen molar-refractivity contribution in [2.75, 3.05) is 0 Å². The predicted molar refractivity (Wildman–Crippen MR) is 53.4 cm³/mol. The molecule has 72 valence electrons. The highest BCUT2D eigenvalue weighted by atomic mass is 35.5. The van der Waals surface area contributed by atoms with Crippen LogP contribution in [0.2, 0.25) is 0 Å². The number of halogens is 1. The van der Waals surface area contributed by atoms with Gasteiger partial charge >= 0.3 is 0 Å². The van der Waals surface area contributed by atoms with Gasteiger partial charge in [0.1, 0.15) is 0 Å². The van der Waals surface area contributed by atoms with E-state index in [0.717, 1.165) is 32.1 Å². The second-order valence-electron chi connectivity index (χ2n) is 3.69. The summed E-state index contributed by atoms with van der Waals surface area (Å²) in [7, 11) is 0. The van der Waals surface area contributed by atoms with E-state index in [1.165, 1.54) is 0 Å². The van der Waals surface area contributed by atoms with Gasteiger partial charge in [-0.25, -0.2) is 0 Å². The highest BCUT2D eigenvalue weighted by Crippen LogP contribution is 2.32. The Bertz CT molecular complexity index is 145. The van der Waals surface area contributed by atoms with Crippen molar-refractivity contribution in [3.05, 3.63) is 0 Å². The molecular weight excluding hydrogens is 172 g/mol. The Morgan fingerprint density at radius 2 is 1.83 bits per heavy atom. The standard InChI is InChI=1S/C10H19ClO/c1-4-6-8-10(3,7-5-2)9(11)12/h4-8H2,1-3H3. The van der Waals surface area contributed by atoms with Crippen LogP contribution in [-0.4, -0.2) is 5.24 Å². The lowest BCUT2D eigenvalue weighted by Crippen LogP contribution is -2.23. The van der Waals surface area contributed by atoms with Crippen molar-refractivity contribution in [2.24, 2.45) is 5.41 Å². The highest BCUT2D eigenvalue weighted by molar-refractivity contribution is 6.64. The molecule has 0 aromatic rings. The molecule has 0 heterocycles. The Morgan fingerprint density at radius 1 is 1.25 bits per heavy atom. The molecule has 1 nitrogen and oxygen atoms in total. The molecule has 2 heteroatoms. The molecule has 0 spiro atoms. The van der Waals surface area contributed by atoms with Gasteiger partial charge in [-0.3, -0.25) is 4.79 Å².